The standard InChI is InChI=1S/C14H25N5O/c1-6-8-15-14-16-11(3)9-12(17-14)19(7-2)10-13(20)18(4)5/h9H,6-8,10H2,1-5H3,(H,15,16,17). The van der Waals surface area contributed by atoms with Gasteiger partial charge in [-0.2, -0.15) is 4.98 Å². The molecule has 0 unspecified atom stereocenters. The molecule has 6 nitrogen and oxygen atoms in total. The van der Waals surface area contributed by atoms with Crippen molar-refractivity contribution in [2.45, 2.75) is 27.2 Å². The number of aromatic nitrogens is 2. The molecule has 0 bridgehead atoms. The maximum atomic E-state index is 11.9. The Morgan fingerprint density at radius 2 is 2.00 bits per heavy atom. The minimum Gasteiger partial charge on any atom is -0.354 e. The monoisotopic (exact) mass is 279 g/mol. The average molecular weight is 279 g/mol. The molecular weight excluding hydrogens is 254 g/mol. The van der Waals surface area contributed by atoms with Gasteiger partial charge >= 0.3 is 0 Å². The zero-order valence-corrected chi connectivity index (χ0v) is 13.1. The van der Waals surface area contributed by atoms with E-state index in [4.69, 9.17) is 0 Å². The van der Waals surface area contributed by atoms with Gasteiger partial charge in [0.05, 0.1) is 6.54 Å². The number of rotatable bonds is 7. The second kappa shape index (κ2) is 7.67. The van der Waals surface area contributed by atoms with Gasteiger partial charge in [-0.15, -0.1) is 0 Å². The Labute approximate surface area is 121 Å². The number of carbonyl (C=O) groups excluding carboxylic acids is 1. The van der Waals surface area contributed by atoms with Crippen LogP contribution in [0.5, 0.6) is 0 Å². The van der Waals surface area contributed by atoms with Gasteiger partial charge in [0.1, 0.15) is 5.82 Å². The molecule has 1 rings (SSSR count). The molecule has 0 saturated carbocycles. The van der Waals surface area contributed by atoms with Crippen molar-refractivity contribution in [1.29, 1.82) is 0 Å². The van der Waals surface area contributed by atoms with E-state index in [0.717, 1.165) is 31.0 Å². The van der Waals surface area contributed by atoms with Gasteiger partial charge in [-0.1, -0.05) is 6.92 Å². The van der Waals surface area contributed by atoms with Gasteiger partial charge in [0.2, 0.25) is 11.9 Å². The first kappa shape index (κ1) is 16.2. The number of nitrogens with zero attached hydrogens (tertiary/aromatic N) is 4. The number of carbonyl (C=O) groups is 1. The summed E-state index contributed by atoms with van der Waals surface area (Å²) in [5, 5.41) is 3.19. The minimum atomic E-state index is 0.0613. The molecule has 0 aliphatic heterocycles. The third kappa shape index (κ3) is 4.68. The predicted octanol–water partition coefficient (Wildman–Crippen LogP) is 1.52. The van der Waals surface area contributed by atoms with E-state index in [-0.39, 0.29) is 5.91 Å². The number of likely N-dealkylation sites (N-methyl/N-ethyl adjacent to an activating group) is 2. The highest BCUT2D eigenvalue weighted by Gasteiger charge is 2.14. The molecule has 1 heterocycles. The Morgan fingerprint density at radius 1 is 1.30 bits per heavy atom. The fourth-order valence-corrected chi connectivity index (χ4v) is 1.69. The molecule has 1 N–H and O–H groups in total. The molecule has 0 radical (unpaired) electrons. The number of amides is 1. The maximum absolute atomic E-state index is 11.9. The quantitative estimate of drug-likeness (QED) is 0.820. The molecule has 1 aromatic rings. The molecule has 0 aliphatic rings. The van der Waals surface area contributed by atoms with E-state index in [1.807, 2.05) is 24.8 Å². The minimum absolute atomic E-state index is 0.0613. The van der Waals surface area contributed by atoms with Crippen LogP contribution in [0, 0.1) is 6.92 Å². The topological polar surface area (TPSA) is 61.4 Å². The van der Waals surface area contributed by atoms with E-state index < -0.39 is 0 Å². The Balaban J connectivity index is 2.90. The first-order chi connectivity index (χ1) is 9.47. The molecule has 0 aromatic carbocycles. The molecule has 20 heavy (non-hydrogen) atoms. The Bertz CT molecular complexity index is 447. The molecule has 1 amide bonds. The van der Waals surface area contributed by atoms with E-state index >= 15 is 0 Å². The van der Waals surface area contributed by atoms with Crippen LogP contribution < -0.4 is 10.2 Å². The highest BCUT2D eigenvalue weighted by Crippen LogP contribution is 2.14. The van der Waals surface area contributed by atoms with E-state index in [2.05, 4.69) is 22.2 Å². The summed E-state index contributed by atoms with van der Waals surface area (Å²) in [6.07, 6.45) is 1.02. The Kier molecular flexibility index (Phi) is 6.21. The molecular formula is C14H25N5O. The van der Waals surface area contributed by atoms with E-state index in [0.29, 0.717) is 12.5 Å². The molecule has 6 heteroatoms. The van der Waals surface area contributed by atoms with Crippen LogP contribution in [0.2, 0.25) is 0 Å². The lowest BCUT2D eigenvalue weighted by Crippen LogP contribution is -2.37. The van der Waals surface area contributed by atoms with Crippen LogP contribution in [0.4, 0.5) is 11.8 Å². The first-order valence-electron chi connectivity index (χ1n) is 7.02. The van der Waals surface area contributed by atoms with Crippen LogP contribution in [0.3, 0.4) is 0 Å². The lowest BCUT2D eigenvalue weighted by molar-refractivity contribution is -0.127. The lowest BCUT2D eigenvalue weighted by Gasteiger charge is -2.23. The third-order valence-corrected chi connectivity index (χ3v) is 2.90. The average Bonchev–Trinajstić information content (AvgIpc) is 2.41. The first-order valence-corrected chi connectivity index (χ1v) is 7.02. The van der Waals surface area contributed by atoms with Crippen LogP contribution >= 0.6 is 0 Å². The Morgan fingerprint density at radius 3 is 2.55 bits per heavy atom. The summed E-state index contributed by atoms with van der Waals surface area (Å²) >= 11 is 0. The van der Waals surface area contributed by atoms with Crippen molar-refractivity contribution in [1.82, 2.24) is 14.9 Å². The molecule has 0 atom stereocenters. The second-order valence-corrected chi connectivity index (χ2v) is 4.92. The van der Waals surface area contributed by atoms with Gasteiger partial charge in [0, 0.05) is 38.9 Å². The van der Waals surface area contributed by atoms with Crippen molar-refractivity contribution >= 4 is 17.7 Å². The number of hydrogen-bond acceptors (Lipinski definition) is 5. The van der Waals surface area contributed by atoms with E-state index in [1.54, 1.807) is 19.0 Å². The van der Waals surface area contributed by atoms with Crippen LogP contribution in [0.15, 0.2) is 6.07 Å². The summed E-state index contributed by atoms with van der Waals surface area (Å²) in [6.45, 7) is 7.93. The fraction of sp³-hybridized carbons (Fsp3) is 0.643. The van der Waals surface area contributed by atoms with Gasteiger partial charge in [0.15, 0.2) is 0 Å². The Hall–Kier alpha value is -1.85. The number of anilines is 2. The van der Waals surface area contributed by atoms with E-state index in [1.165, 1.54) is 0 Å². The van der Waals surface area contributed by atoms with Crippen LogP contribution in [0.25, 0.3) is 0 Å². The largest absolute Gasteiger partial charge is 0.354 e. The van der Waals surface area contributed by atoms with Crippen molar-refractivity contribution in [3.8, 4) is 0 Å². The van der Waals surface area contributed by atoms with Crippen molar-refractivity contribution in [2.24, 2.45) is 0 Å². The van der Waals surface area contributed by atoms with Crippen molar-refractivity contribution in [3.05, 3.63) is 11.8 Å². The fourth-order valence-electron chi connectivity index (χ4n) is 1.69. The van der Waals surface area contributed by atoms with Crippen LogP contribution in [-0.2, 0) is 4.79 Å². The van der Waals surface area contributed by atoms with E-state index in [9.17, 15) is 4.79 Å². The molecule has 0 aliphatic carbocycles. The van der Waals surface area contributed by atoms with Gasteiger partial charge in [0.25, 0.3) is 0 Å². The summed E-state index contributed by atoms with van der Waals surface area (Å²) in [6, 6.07) is 1.91. The number of aryl methyl sites for hydroxylation is 1. The maximum Gasteiger partial charge on any atom is 0.241 e. The van der Waals surface area contributed by atoms with Crippen molar-refractivity contribution < 1.29 is 4.79 Å². The normalized spacial score (nSPS) is 10.2. The number of hydrogen-bond donors (Lipinski definition) is 1. The SMILES string of the molecule is CCCNc1nc(C)cc(N(CC)CC(=O)N(C)C)n1. The zero-order chi connectivity index (χ0) is 15.1. The van der Waals surface area contributed by atoms with Gasteiger partial charge in [-0.3, -0.25) is 4.79 Å². The van der Waals surface area contributed by atoms with Crippen LogP contribution in [-0.4, -0.2) is 54.5 Å². The molecule has 112 valence electrons. The van der Waals surface area contributed by atoms with Crippen LogP contribution in [0.1, 0.15) is 26.0 Å². The second-order valence-electron chi connectivity index (χ2n) is 4.92. The van der Waals surface area contributed by atoms with Crippen molar-refractivity contribution in [3.63, 3.8) is 0 Å². The smallest absolute Gasteiger partial charge is 0.241 e. The summed E-state index contributed by atoms with van der Waals surface area (Å²) < 4.78 is 0. The summed E-state index contributed by atoms with van der Waals surface area (Å²) in [7, 11) is 3.52. The molecule has 0 saturated heterocycles. The highest BCUT2D eigenvalue weighted by molar-refractivity contribution is 5.80. The third-order valence-electron chi connectivity index (χ3n) is 2.90. The molecule has 0 fully saturated rings. The molecule has 1 aromatic heterocycles. The number of nitrogens with one attached hydrogen (secondary N) is 1. The summed E-state index contributed by atoms with van der Waals surface area (Å²) in [5.74, 6) is 1.47. The van der Waals surface area contributed by atoms with Gasteiger partial charge in [-0.25, -0.2) is 4.98 Å². The lowest BCUT2D eigenvalue weighted by atomic mass is 10.3. The summed E-state index contributed by atoms with van der Waals surface area (Å²) in [5.41, 5.74) is 0.893. The predicted molar refractivity (Wildman–Crippen MR) is 82.1 cm³/mol. The summed E-state index contributed by atoms with van der Waals surface area (Å²) in [4.78, 5) is 24.2. The van der Waals surface area contributed by atoms with Crippen molar-refractivity contribution in [2.75, 3.05) is 43.9 Å². The zero-order valence-electron chi connectivity index (χ0n) is 13.1. The molecule has 0 spiro atoms. The highest BCUT2D eigenvalue weighted by atomic mass is 16.2. The van der Waals surface area contributed by atoms with Gasteiger partial charge < -0.3 is 15.1 Å². The van der Waals surface area contributed by atoms with Gasteiger partial charge in [-0.05, 0) is 20.3 Å².